The monoisotopic (exact) mass is 394 g/mol. The quantitative estimate of drug-likeness (QED) is 0.776. The summed E-state index contributed by atoms with van der Waals surface area (Å²) in [4.78, 5) is 24.2. The Morgan fingerprint density at radius 1 is 1.24 bits per heavy atom. The van der Waals surface area contributed by atoms with Crippen LogP contribution in [-0.4, -0.2) is 34.2 Å². The van der Waals surface area contributed by atoms with Crippen molar-refractivity contribution in [3.8, 4) is 5.75 Å². The zero-order valence-corrected chi connectivity index (χ0v) is 17.2. The van der Waals surface area contributed by atoms with Crippen LogP contribution in [0.15, 0.2) is 30.3 Å². The van der Waals surface area contributed by atoms with Crippen LogP contribution in [-0.2, 0) is 20.7 Å². The highest BCUT2D eigenvalue weighted by molar-refractivity contribution is 6.00. The number of hydrogen-bond acceptors (Lipinski definition) is 5. The molecule has 4 rings (SSSR count). The summed E-state index contributed by atoms with van der Waals surface area (Å²) in [6.07, 6.45) is 3.31. The lowest BCUT2D eigenvalue weighted by Crippen LogP contribution is -2.56. The first-order valence-electron chi connectivity index (χ1n) is 9.96. The Labute approximate surface area is 170 Å². The number of Topliss-reactive ketones (excluding diaryl/α,β-unsaturated/α-hetero) is 1. The van der Waals surface area contributed by atoms with Gasteiger partial charge in [0.25, 0.3) is 0 Å². The highest BCUT2D eigenvalue weighted by Crippen LogP contribution is 2.60. The molecule has 2 aliphatic carbocycles. The molecular weight excluding hydrogens is 368 g/mol. The Bertz CT molecular complexity index is 1080. The molecule has 152 valence electrons. The molecule has 0 bridgehead atoms. The van der Waals surface area contributed by atoms with Gasteiger partial charge in [-0.1, -0.05) is 32.1 Å². The number of esters is 1. The van der Waals surface area contributed by atoms with Crippen LogP contribution in [0.3, 0.4) is 0 Å². The molecule has 0 saturated carbocycles. The van der Waals surface area contributed by atoms with E-state index in [9.17, 15) is 19.8 Å². The minimum atomic E-state index is -1.62. The van der Waals surface area contributed by atoms with Gasteiger partial charge in [0.1, 0.15) is 11.4 Å². The lowest BCUT2D eigenvalue weighted by Gasteiger charge is -2.45. The second-order valence-electron chi connectivity index (χ2n) is 8.62. The van der Waals surface area contributed by atoms with Crippen LogP contribution in [0, 0.1) is 18.3 Å². The first-order valence-corrected chi connectivity index (χ1v) is 9.96. The van der Waals surface area contributed by atoms with Crippen molar-refractivity contribution in [2.24, 2.45) is 11.3 Å². The Morgan fingerprint density at radius 2 is 1.97 bits per heavy atom. The lowest BCUT2D eigenvalue weighted by molar-refractivity contribution is -0.162. The molecule has 29 heavy (non-hydrogen) atoms. The van der Waals surface area contributed by atoms with Crippen molar-refractivity contribution in [1.82, 2.24) is 0 Å². The molecule has 2 N–H and O–H groups in total. The normalized spacial score (nSPS) is 27.9. The maximum absolute atomic E-state index is 13.0. The number of hydrogen-bond donors (Lipinski definition) is 2. The van der Waals surface area contributed by atoms with E-state index in [-0.39, 0.29) is 5.75 Å². The van der Waals surface area contributed by atoms with E-state index in [0.29, 0.717) is 12.8 Å². The summed E-state index contributed by atoms with van der Waals surface area (Å²) in [5, 5.41) is 23.6. The topological polar surface area (TPSA) is 83.8 Å². The number of aliphatic hydroxyl groups is 1. The highest BCUT2D eigenvalue weighted by Gasteiger charge is 2.61. The lowest BCUT2D eigenvalue weighted by atomic mass is 9.60. The number of carbonyl (C=O) groups is 2. The number of ketones is 1. The zero-order chi connectivity index (χ0) is 21.1. The van der Waals surface area contributed by atoms with E-state index >= 15 is 0 Å². The van der Waals surface area contributed by atoms with Crippen molar-refractivity contribution in [3.05, 3.63) is 47.0 Å². The Balaban J connectivity index is 1.84. The molecule has 2 aromatic rings. The van der Waals surface area contributed by atoms with Gasteiger partial charge in [-0.3, -0.25) is 9.59 Å². The van der Waals surface area contributed by atoms with Gasteiger partial charge in [0.05, 0.1) is 0 Å². The van der Waals surface area contributed by atoms with Gasteiger partial charge in [0.15, 0.2) is 6.61 Å². The number of ether oxygens (including phenoxy) is 1. The molecule has 5 heteroatoms. The molecule has 0 saturated heterocycles. The average Bonchev–Trinajstić information content (AvgIpc) is 2.88. The van der Waals surface area contributed by atoms with Crippen LogP contribution in [0.5, 0.6) is 5.75 Å². The average molecular weight is 394 g/mol. The van der Waals surface area contributed by atoms with Gasteiger partial charge in [-0.15, -0.1) is 0 Å². The summed E-state index contributed by atoms with van der Waals surface area (Å²) in [5.41, 5.74) is 1.87. The van der Waals surface area contributed by atoms with Crippen molar-refractivity contribution >= 4 is 28.1 Å². The van der Waals surface area contributed by atoms with E-state index in [1.54, 1.807) is 12.1 Å². The fraction of sp³-hybridized carbons (Fsp3) is 0.417. The number of aryl methyl sites for hydroxylation is 2. The molecular formula is C24H26O5. The number of phenols is 1. The summed E-state index contributed by atoms with van der Waals surface area (Å²) in [6, 6.07) is 7.51. The molecule has 2 aromatic carbocycles. The van der Waals surface area contributed by atoms with Crippen LogP contribution >= 0.6 is 0 Å². The van der Waals surface area contributed by atoms with Crippen LogP contribution < -0.4 is 0 Å². The van der Waals surface area contributed by atoms with E-state index in [0.717, 1.165) is 27.5 Å². The van der Waals surface area contributed by atoms with Crippen LogP contribution in [0.25, 0.3) is 16.3 Å². The second kappa shape index (κ2) is 6.42. The fourth-order valence-electron chi connectivity index (χ4n) is 5.35. The van der Waals surface area contributed by atoms with E-state index < -0.39 is 35.3 Å². The van der Waals surface area contributed by atoms with E-state index in [1.165, 1.54) is 12.5 Å². The van der Waals surface area contributed by atoms with Crippen LogP contribution in [0.4, 0.5) is 0 Å². The Kier molecular flexibility index (Phi) is 4.35. The Hall–Kier alpha value is -2.66. The summed E-state index contributed by atoms with van der Waals surface area (Å²) < 4.78 is 4.92. The van der Waals surface area contributed by atoms with Crippen molar-refractivity contribution in [1.29, 1.82) is 0 Å². The number of aromatic hydroxyl groups is 1. The molecule has 0 unspecified atom stereocenters. The summed E-state index contributed by atoms with van der Waals surface area (Å²) in [5.74, 6) is -1.15. The maximum Gasteiger partial charge on any atom is 0.303 e. The van der Waals surface area contributed by atoms with E-state index in [2.05, 4.69) is 6.07 Å². The van der Waals surface area contributed by atoms with E-state index in [4.69, 9.17) is 4.74 Å². The van der Waals surface area contributed by atoms with Crippen molar-refractivity contribution in [2.45, 2.75) is 46.1 Å². The first kappa shape index (κ1) is 19.6. The third-order valence-corrected chi connectivity index (χ3v) is 6.95. The molecule has 2 aliphatic rings. The minimum Gasteiger partial charge on any atom is -0.508 e. The summed E-state index contributed by atoms with van der Waals surface area (Å²) in [6.45, 7) is 6.62. The van der Waals surface area contributed by atoms with Gasteiger partial charge < -0.3 is 14.9 Å². The molecule has 5 nitrogen and oxygen atoms in total. The largest absolute Gasteiger partial charge is 0.508 e. The van der Waals surface area contributed by atoms with E-state index in [1.807, 2.05) is 32.9 Å². The molecule has 0 heterocycles. The number of phenolic OH excluding ortho intramolecular Hbond substituents is 1. The van der Waals surface area contributed by atoms with Gasteiger partial charge in [0.2, 0.25) is 5.78 Å². The molecule has 0 spiro atoms. The highest BCUT2D eigenvalue weighted by atomic mass is 16.5. The standard InChI is InChI=1S/C24H26O5/c1-13-9-20-18(17-6-5-16(26)11-19(13)17)7-8-23(4)21(20)10-14(2)24(23,28)22(27)12-29-15(3)25/h5-6,9-11,14,26,28H,7-8,12H2,1-4H3/t14-,23-,24-/m0/s1. The van der Waals surface area contributed by atoms with Gasteiger partial charge >= 0.3 is 5.97 Å². The number of carbonyl (C=O) groups excluding carboxylic acids is 2. The molecule has 0 amide bonds. The third kappa shape index (κ3) is 2.64. The van der Waals surface area contributed by atoms with Gasteiger partial charge in [0, 0.05) is 18.3 Å². The molecule has 0 radical (unpaired) electrons. The number of benzene rings is 2. The third-order valence-electron chi connectivity index (χ3n) is 6.95. The van der Waals surface area contributed by atoms with Crippen molar-refractivity contribution < 1.29 is 24.5 Å². The van der Waals surface area contributed by atoms with Crippen LogP contribution in [0.1, 0.15) is 43.9 Å². The smallest absolute Gasteiger partial charge is 0.303 e. The molecule has 0 aliphatic heterocycles. The van der Waals surface area contributed by atoms with Gasteiger partial charge in [-0.05, 0) is 64.9 Å². The molecule has 0 aromatic heterocycles. The predicted molar refractivity (Wildman–Crippen MR) is 111 cm³/mol. The van der Waals surface area contributed by atoms with Crippen molar-refractivity contribution in [2.75, 3.05) is 6.61 Å². The van der Waals surface area contributed by atoms with Gasteiger partial charge in [-0.2, -0.15) is 0 Å². The molecule has 0 fully saturated rings. The predicted octanol–water partition coefficient (Wildman–Crippen LogP) is 3.70. The Morgan fingerprint density at radius 3 is 2.66 bits per heavy atom. The zero-order valence-electron chi connectivity index (χ0n) is 17.2. The van der Waals surface area contributed by atoms with Crippen LogP contribution in [0.2, 0.25) is 0 Å². The maximum atomic E-state index is 13.0. The summed E-state index contributed by atoms with van der Waals surface area (Å²) in [7, 11) is 0. The number of fused-ring (bicyclic) bond motifs is 5. The minimum absolute atomic E-state index is 0.236. The first-order chi connectivity index (χ1) is 13.6. The molecule has 3 atom stereocenters. The summed E-state index contributed by atoms with van der Waals surface area (Å²) >= 11 is 0. The SMILES string of the molecule is CC(=O)OCC(=O)[C@@]1(O)[C@@H](C)C=C2c3cc(C)c4cc(O)ccc4c3CC[C@@]21C. The van der Waals surface area contributed by atoms with Gasteiger partial charge in [-0.25, -0.2) is 0 Å². The van der Waals surface area contributed by atoms with Crippen molar-refractivity contribution in [3.63, 3.8) is 0 Å². The fourth-order valence-corrected chi connectivity index (χ4v) is 5.35. The second-order valence-corrected chi connectivity index (χ2v) is 8.62. The number of rotatable bonds is 3.